The minimum Gasteiger partial charge on any atom is -0.491 e. The molecule has 0 fully saturated rings. The second kappa shape index (κ2) is 7.51. The highest BCUT2D eigenvalue weighted by molar-refractivity contribution is 5.27. The average molecular weight is 264 g/mol. The molecule has 19 heavy (non-hydrogen) atoms. The molecule has 0 radical (unpaired) electrons. The summed E-state index contributed by atoms with van der Waals surface area (Å²) in [4.78, 5) is 2.32. The third kappa shape index (κ3) is 5.21. The summed E-state index contributed by atoms with van der Waals surface area (Å²) < 4.78 is 5.65. The Morgan fingerprint density at radius 3 is 2.11 bits per heavy atom. The van der Waals surface area contributed by atoms with Crippen LogP contribution in [0, 0.1) is 5.92 Å². The Morgan fingerprint density at radius 1 is 1.11 bits per heavy atom. The Hall–Kier alpha value is -1.06. The normalized spacial score (nSPS) is 13.3. The molecular formula is C16H28N2O. The van der Waals surface area contributed by atoms with E-state index in [-0.39, 0.29) is 6.10 Å². The van der Waals surface area contributed by atoms with Crippen molar-refractivity contribution in [1.82, 2.24) is 4.90 Å². The number of nitrogens with two attached hydrogens (primary N) is 1. The van der Waals surface area contributed by atoms with Gasteiger partial charge in [0.05, 0.1) is 6.10 Å². The van der Waals surface area contributed by atoms with E-state index in [0.717, 1.165) is 12.3 Å². The predicted octanol–water partition coefficient (Wildman–Crippen LogP) is 2.89. The zero-order valence-corrected chi connectivity index (χ0v) is 12.9. The van der Waals surface area contributed by atoms with Crippen LogP contribution in [-0.2, 0) is 6.54 Å². The molecular weight excluding hydrogens is 236 g/mol. The Balaban J connectivity index is 2.62. The van der Waals surface area contributed by atoms with Crippen LogP contribution < -0.4 is 10.5 Å². The highest BCUT2D eigenvalue weighted by Gasteiger charge is 2.16. The molecule has 0 saturated heterocycles. The van der Waals surface area contributed by atoms with Gasteiger partial charge in [-0.05, 0) is 44.5 Å². The quantitative estimate of drug-likeness (QED) is 0.823. The van der Waals surface area contributed by atoms with Crippen LogP contribution >= 0.6 is 0 Å². The summed E-state index contributed by atoms with van der Waals surface area (Å²) in [5.74, 6) is 1.50. The van der Waals surface area contributed by atoms with Crippen molar-refractivity contribution in [3.8, 4) is 5.75 Å². The Labute approximate surface area is 117 Å². The van der Waals surface area contributed by atoms with E-state index in [0.29, 0.717) is 18.5 Å². The van der Waals surface area contributed by atoms with Gasteiger partial charge in [0.1, 0.15) is 5.75 Å². The molecule has 0 spiro atoms. The standard InChI is InChI=1S/C16H28N2O/c1-12(2)16(10-17)18(5)11-14-6-8-15(9-7-14)19-13(3)4/h6-9,12-13,16H,10-11,17H2,1-5H3. The van der Waals surface area contributed by atoms with Gasteiger partial charge >= 0.3 is 0 Å². The van der Waals surface area contributed by atoms with Crippen molar-refractivity contribution in [2.45, 2.75) is 46.4 Å². The van der Waals surface area contributed by atoms with E-state index >= 15 is 0 Å². The topological polar surface area (TPSA) is 38.5 Å². The van der Waals surface area contributed by atoms with Crippen LogP contribution in [0.4, 0.5) is 0 Å². The zero-order chi connectivity index (χ0) is 14.4. The van der Waals surface area contributed by atoms with Crippen molar-refractivity contribution in [3.63, 3.8) is 0 Å². The summed E-state index contributed by atoms with van der Waals surface area (Å²) in [7, 11) is 2.13. The van der Waals surface area contributed by atoms with Gasteiger partial charge in [-0.3, -0.25) is 4.90 Å². The number of rotatable bonds is 7. The summed E-state index contributed by atoms with van der Waals surface area (Å²) >= 11 is 0. The first kappa shape index (κ1) is 16.0. The van der Waals surface area contributed by atoms with E-state index in [4.69, 9.17) is 10.5 Å². The molecule has 1 aromatic rings. The van der Waals surface area contributed by atoms with Crippen LogP contribution in [0.3, 0.4) is 0 Å². The molecule has 0 bridgehead atoms. The highest BCUT2D eigenvalue weighted by atomic mass is 16.5. The summed E-state index contributed by atoms with van der Waals surface area (Å²) in [6.45, 7) is 10.1. The second-order valence-electron chi connectivity index (χ2n) is 5.77. The molecule has 3 nitrogen and oxygen atoms in total. The van der Waals surface area contributed by atoms with Crippen LogP contribution in [-0.4, -0.2) is 30.6 Å². The molecule has 0 aliphatic heterocycles. The average Bonchev–Trinajstić information content (AvgIpc) is 2.31. The van der Waals surface area contributed by atoms with E-state index in [1.807, 2.05) is 26.0 Å². The summed E-state index contributed by atoms with van der Waals surface area (Å²) in [5, 5.41) is 0. The number of nitrogens with zero attached hydrogens (tertiary/aromatic N) is 1. The van der Waals surface area contributed by atoms with Crippen molar-refractivity contribution >= 4 is 0 Å². The molecule has 0 aliphatic carbocycles. The maximum atomic E-state index is 5.85. The zero-order valence-electron chi connectivity index (χ0n) is 12.9. The Morgan fingerprint density at radius 2 is 1.68 bits per heavy atom. The fourth-order valence-corrected chi connectivity index (χ4v) is 2.31. The van der Waals surface area contributed by atoms with Crippen molar-refractivity contribution < 1.29 is 4.74 Å². The van der Waals surface area contributed by atoms with E-state index < -0.39 is 0 Å². The molecule has 0 saturated carbocycles. The first-order chi connectivity index (χ1) is 8.93. The van der Waals surface area contributed by atoms with Crippen molar-refractivity contribution in [2.24, 2.45) is 11.7 Å². The molecule has 3 heteroatoms. The number of hydrogen-bond acceptors (Lipinski definition) is 3. The van der Waals surface area contributed by atoms with E-state index in [2.05, 4.69) is 37.9 Å². The lowest BCUT2D eigenvalue weighted by Crippen LogP contribution is -2.41. The summed E-state index contributed by atoms with van der Waals surface area (Å²) in [6.07, 6.45) is 0.219. The van der Waals surface area contributed by atoms with Crippen LogP contribution in [0.25, 0.3) is 0 Å². The molecule has 1 aromatic carbocycles. The Bertz CT molecular complexity index is 360. The maximum Gasteiger partial charge on any atom is 0.119 e. The van der Waals surface area contributed by atoms with Crippen LogP contribution in [0.2, 0.25) is 0 Å². The number of benzene rings is 1. The fraction of sp³-hybridized carbons (Fsp3) is 0.625. The fourth-order valence-electron chi connectivity index (χ4n) is 2.31. The molecule has 1 rings (SSSR count). The monoisotopic (exact) mass is 264 g/mol. The maximum absolute atomic E-state index is 5.85. The lowest BCUT2D eigenvalue weighted by atomic mass is 10.0. The number of likely N-dealkylation sites (N-methyl/N-ethyl adjacent to an activating group) is 1. The minimum absolute atomic E-state index is 0.219. The first-order valence-corrected chi connectivity index (χ1v) is 7.10. The third-order valence-electron chi connectivity index (χ3n) is 3.30. The van der Waals surface area contributed by atoms with Gasteiger partial charge in [0.15, 0.2) is 0 Å². The van der Waals surface area contributed by atoms with Gasteiger partial charge in [0, 0.05) is 19.1 Å². The van der Waals surface area contributed by atoms with Crippen molar-refractivity contribution in [2.75, 3.05) is 13.6 Å². The predicted molar refractivity (Wildman–Crippen MR) is 81.4 cm³/mol. The van der Waals surface area contributed by atoms with Gasteiger partial charge in [-0.1, -0.05) is 26.0 Å². The molecule has 0 aromatic heterocycles. The van der Waals surface area contributed by atoms with Gasteiger partial charge in [-0.2, -0.15) is 0 Å². The van der Waals surface area contributed by atoms with Gasteiger partial charge in [0.25, 0.3) is 0 Å². The second-order valence-corrected chi connectivity index (χ2v) is 5.77. The van der Waals surface area contributed by atoms with Gasteiger partial charge in [0.2, 0.25) is 0 Å². The van der Waals surface area contributed by atoms with Crippen LogP contribution in [0.15, 0.2) is 24.3 Å². The molecule has 2 N–H and O–H groups in total. The van der Waals surface area contributed by atoms with Crippen molar-refractivity contribution in [3.05, 3.63) is 29.8 Å². The van der Waals surface area contributed by atoms with Crippen LogP contribution in [0.1, 0.15) is 33.3 Å². The van der Waals surface area contributed by atoms with Gasteiger partial charge < -0.3 is 10.5 Å². The van der Waals surface area contributed by atoms with Gasteiger partial charge in [-0.25, -0.2) is 0 Å². The molecule has 1 atom stereocenters. The smallest absolute Gasteiger partial charge is 0.119 e. The molecule has 0 heterocycles. The molecule has 0 amide bonds. The SMILES string of the molecule is CC(C)Oc1ccc(CN(C)C(CN)C(C)C)cc1. The minimum atomic E-state index is 0.219. The number of hydrogen-bond donors (Lipinski definition) is 1. The van der Waals surface area contributed by atoms with E-state index in [1.165, 1.54) is 5.56 Å². The lowest BCUT2D eigenvalue weighted by Gasteiger charge is -2.30. The van der Waals surface area contributed by atoms with E-state index in [1.54, 1.807) is 0 Å². The van der Waals surface area contributed by atoms with Gasteiger partial charge in [-0.15, -0.1) is 0 Å². The molecule has 108 valence electrons. The summed E-state index contributed by atoms with van der Waals surface area (Å²) in [6, 6.07) is 8.75. The lowest BCUT2D eigenvalue weighted by molar-refractivity contribution is 0.190. The Kier molecular flexibility index (Phi) is 6.32. The number of ether oxygens (including phenoxy) is 1. The van der Waals surface area contributed by atoms with Crippen LogP contribution in [0.5, 0.6) is 5.75 Å². The highest BCUT2D eigenvalue weighted by Crippen LogP contribution is 2.16. The molecule has 1 unspecified atom stereocenters. The molecule has 0 aliphatic rings. The third-order valence-corrected chi connectivity index (χ3v) is 3.30. The van der Waals surface area contributed by atoms with E-state index in [9.17, 15) is 0 Å². The first-order valence-electron chi connectivity index (χ1n) is 7.10. The van der Waals surface area contributed by atoms with Crippen molar-refractivity contribution in [1.29, 1.82) is 0 Å². The largest absolute Gasteiger partial charge is 0.491 e. The summed E-state index contributed by atoms with van der Waals surface area (Å²) in [5.41, 5.74) is 7.14.